The van der Waals surface area contributed by atoms with Crippen LogP contribution < -0.4 is 11.1 Å². The molecule has 1 unspecified atom stereocenters. The zero-order valence-corrected chi connectivity index (χ0v) is 11.9. The summed E-state index contributed by atoms with van der Waals surface area (Å²) in [5, 5.41) is 3.38. The molecule has 0 aliphatic carbocycles. The van der Waals surface area contributed by atoms with Crippen LogP contribution in [0.3, 0.4) is 0 Å². The molecule has 1 saturated heterocycles. The summed E-state index contributed by atoms with van der Waals surface area (Å²) in [5.74, 6) is 0.722. The Balaban J connectivity index is 1.82. The predicted molar refractivity (Wildman–Crippen MR) is 79.3 cm³/mol. The number of halogens is 1. The number of carbonyl (C=O) groups is 1. The highest BCUT2D eigenvalue weighted by atomic mass is 35.5. The first-order valence-electron chi connectivity index (χ1n) is 6.62. The second kappa shape index (κ2) is 6.26. The molecule has 1 amide bonds. The lowest BCUT2D eigenvalue weighted by Gasteiger charge is -2.15. The van der Waals surface area contributed by atoms with E-state index < -0.39 is 0 Å². The molecule has 2 rings (SSSR count). The van der Waals surface area contributed by atoms with E-state index in [9.17, 15) is 4.79 Å². The summed E-state index contributed by atoms with van der Waals surface area (Å²) in [5.41, 5.74) is 6.92. The molecule has 1 heterocycles. The van der Waals surface area contributed by atoms with Crippen LogP contribution in [0.2, 0.25) is 5.02 Å². The number of hydrogen-bond donors (Lipinski definition) is 2. The molecule has 1 aromatic rings. The number of nitrogens with zero attached hydrogens (tertiary/aromatic N) is 1. The van der Waals surface area contributed by atoms with Crippen LogP contribution in [-0.4, -0.2) is 30.4 Å². The largest absolute Gasteiger partial charge is 0.397 e. The molecule has 1 aliphatic heterocycles. The lowest BCUT2D eigenvalue weighted by molar-refractivity contribution is -0.116. The molecule has 0 bridgehead atoms. The maximum Gasteiger partial charge on any atom is 0.225 e. The monoisotopic (exact) mass is 281 g/mol. The Bertz CT molecular complexity index is 464. The van der Waals surface area contributed by atoms with Crippen molar-refractivity contribution < 1.29 is 4.79 Å². The van der Waals surface area contributed by atoms with Crippen LogP contribution in [0, 0.1) is 5.92 Å². The number of nitrogens with two attached hydrogens (primary N) is 1. The maximum atomic E-state index is 11.9. The van der Waals surface area contributed by atoms with Gasteiger partial charge in [0.25, 0.3) is 0 Å². The van der Waals surface area contributed by atoms with Crippen molar-refractivity contribution in [1.29, 1.82) is 0 Å². The number of amides is 1. The minimum atomic E-state index is -0.0199. The standard InChI is InChI=1S/C14H20ClN3O/c1-10-4-6-18(9-10)7-5-14(19)17-13-8-11(15)2-3-12(13)16/h2-3,8,10H,4-7,9,16H2,1H3,(H,17,19). The smallest absolute Gasteiger partial charge is 0.225 e. The zero-order chi connectivity index (χ0) is 13.8. The van der Waals surface area contributed by atoms with Gasteiger partial charge in [0.2, 0.25) is 5.91 Å². The van der Waals surface area contributed by atoms with E-state index in [1.54, 1.807) is 18.2 Å². The van der Waals surface area contributed by atoms with Crippen molar-refractivity contribution in [1.82, 2.24) is 4.90 Å². The summed E-state index contributed by atoms with van der Waals surface area (Å²) in [7, 11) is 0. The van der Waals surface area contributed by atoms with E-state index in [1.165, 1.54) is 6.42 Å². The van der Waals surface area contributed by atoms with Crippen LogP contribution in [0.5, 0.6) is 0 Å². The van der Waals surface area contributed by atoms with Gasteiger partial charge in [0.15, 0.2) is 0 Å². The SMILES string of the molecule is CC1CCN(CCC(=O)Nc2cc(Cl)ccc2N)C1. The summed E-state index contributed by atoms with van der Waals surface area (Å²) in [6, 6.07) is 5.07. The van der Waals surface area contributed by atoms with Crippen molar-refractivity contribution in [3.05, 3.63) is 23.2 Å². The quantitative estimate of drug-likeness (QED) is 0.834. The number of carbonyl (C=O) groups excluding carboxylic acids is 1. The van der Waals surface area contributed by atoms with Crippen LogP contribution in [0.15, 0.2) is 18.2 Å². The second-order valence-corrected chi connectivity index (χ2v) is 5.66. The van der Waals surface area contributed by atoms with Crippen LogP contribution >= 0.6 is 11.6 Å². The lowest BCUT2D eigenvalue weighted by Crippen LogP contribution is -2.25. The number of nitrogen functional groups attached to an aromatic ring is 1. The van der Waals surface area contributed by atoms with Crippen LogP contribution in [-0.2, 0) is 4.79 Å². The van der Waals surface area contributed by atoms with Gasteiger partial charge in [-0.05, 0) is 37.1 Å². The fourth-order valence-corrected chi connectivity index (χ4v) is 2.51. The topological polar surface area (TPSA) is 58.4 Å². The highest BCUT2D eigenvalue weighted by molar-refractivity contribution is 6.31. The van der Waals surface area contributed by atoms with E-state index in [4.69, 9.17) is 17.3 Å². The lowest BCUT2D eigenvalue weighted by atomic mass is 10.2. The fraction of sp³-hybridized carbons (Fsp3) is 0.500. The van der Waals surface area contributed by atoms with Gasteiger partial charge < -0.3 is 16.0 Å². The number of likely N-dealkylation sites (tertiary alicyclic amines) is 1. The molecular weight excluding hydrogens is 262 g/mol. The number of benzene rings is 1. The van der Waals surface area contributed by atoms with Gasteiger partial charge in [-0.3, -0.25) is 4.79 Å². The molecule has 5 heteroatoms. The Labute approximate surface area is 118 Å². The molecule has 104 valence electrons. The van der Waals surface area contributed by atoms with Crippen molar-refractivity contribution in [3.8, 4) is 0 Å². The Morgan fingerprint density at radius 3 is 3.05 bits per heavy atom. The summed E-state index contributed by atoms with van der Waals surface area (Å²) < 4.78 is 0. The first kappa shape index (κ1) is 14.2. The molecule has 1 aromatic carbocycles. The van der Waals surface area contributed by atoms with Crippen molar-refractivity contribution >= 4 is 28.9 Å². The van der Waals surface area contributed by atoms with Gasteiger partial charge in [0.1, 0.15) is 0 Å². The van der Waals surface area contributed by atoms with Crippen LogP contribution in [0.4, 0.5) is 11.4 Å². The molecule has 4 nitrogen and oxygen atoms in total. The normalized spacial score (nSPS) is 19.6. The van der Waals surface area contributed by atoms with Crippen LogP contribution in [0.1, 0.15) is 19.8 Å². The zero-order valence-electron chi connectivity index (χ0n) is 11.2. The molecule has 3 N–H and O–H groups in total. The molecule has 0 aromatic heterocycles. The third kappa shape index (κ3) is 4.11. The van der Waals surface area contributed by atoms with Gasteiger partial charge in [-0.15, -0.1) is 0 Å². The molecule has 0 spiro atoms. The molecule has 1 fully saturated rings. The first-order valence-corrected chi connectivity index (χ1v) is 6.99. The molecule has 0 radical (unpaired) electrons. The minimum absolute atomic E-state index is 0.0199. The van der Waals surface area contributed by atoms with E-state index in [0.717, 1.165) is 25.6 Å². The van der Waals surface area contributed by atoms with Gasteiger partial charge >= 0.3 is 0 Å². The Kier molecular flexibility index (Phi) is 4.66. The summed E-state index contributed by atoms with van der Waals surface area (Å²) in [4.78, 5) is 14.2. The van der Waals surface area contributed by atoms with Gasteiger partial charge in [0, 0.05) is 24.5 Å². The van der Waals surface area contributed by atoms with E-state index >= 15 is 0 Å². The van der Waals surface area contributed by atoms with Crippen molar-refractivity contribution in [2.75, 3.05) is 30.7 Å². The molecule has 1 aliphatic rings. The maximum absolute atomic E-state index is 11.9. The number of rotatable bonds is 4. The predicted octanol–water partition coefficient (Wildman–Crippen LogP) is 2.59. The number of anilines is 2. The summed E-state index contributed by atoms with van der Waals surface area (Å²) in [6.45, 7) is 5.23. The highest BCUT2D eigenvalue weighted by Crippen LogP contribution is 2.23. The average Bonchev–Trinajstić information content (AvgIpc) is 2.77. The molecular formula is C14H20ClN3O. The minimum Gasteiger partial charge on any atom is -0.397 e. The summed E-state index contributed by atoms with van der Waals surface area (Å²) in [6.07, 6.45) is 1.71. The fourth-order valence-electron chi connectivity index (χ4n) is 2.34. The van der Waals surface area contributed by atoms with E-state index in [1.807, 2.05) is 0 Å². The first-order chi connectivity index (χ1) is 9.04. The van der Waals surface area contributed by atoms with E-state index in [-0.39, 0.29) is 5.91 Å². The molecule has 19 heavy (non-hydrogen) atoms. The average molecular weight is 282 g/mol. The van der Waals surface area contributed by atoms with Crippen molar-refractivity contribution in [2.24, 2.45) is 5.92 Å². The van der Waals surface area contributed by atoms with Gasteiger partial charge in [-0.25, -0.2) is 0 Å². The Morgan fingerprint density at radius 2 is 2.37 bits per heavy atom. The number of hydrogen-bond acceptors (Lipinski definition) is 3. The summed E-state index contributed by atoms with van der Waals surface area (Å²) >= 11 is 5.88. The molecule has 1 atom stereocenters. The van der Waals surface area contributed by atoms with Gasteiger partial charge in [-0.2, -0.15) is 0 Å². The van der Waals surface area contributed by atoms with Crippen molar-refractivity contribution in [2.45, 2.75) is 19.8 Å². The number of nitrogens with one attached hydrogen (secondary N) is 1. The molecule has 0 saturated carbocycles. The Morgan fingerprint density at radius 1 is 1.58 bits per heavy atom. The Hall–Kier alpha value is -1.26. The second-order valence-electron chi connectivity index (χ2n) is 5.22. The third-order valence-electron chi connectivity index (χ3n) is 3.45. The third-order valence-corrected chi connectivity index (χ3v) is 3.69. The highest BCUT2D eigenvalue weighted by Gasteiger charge is 2.18. The van der Waals surface area contributed by atoms with E-state index in [0.29, 0.717) is 22.8 Å². The van der Waals surface area contributed by atoms with Crippen molar-refractivity contribution in [3.63, 3.8) is 0 Å². The van der Waals surface area contributed by atoms with Gasteiger partial charge in [0.05, 0.1) is 11.4 Å². The van der Waals surface area contributed by atoms with Gasteiger partial charge in [-0.1, -0.05) is 18.5 Å². The van der Waals surface area contributed by atoms with E-state index in [2.05, 4.69) is 17.1 Å². The van der Waals surface area contributed by atoms with Crippen LogP contribution in [0.25, 0.3) is 0 Å².